The average Bonchev–Trinajstić information content (AvgIpc) is 3.21. The molecule has 7 nitrogen and oxygen atoms in total. The topological polar surface area (TPSA) is 104 Å². The van der Waals surface area contributed by atoms with E-state index in [9.17, 15) is 14.7 Å². The number of carbonyl (C=O) groups excluding carboxylic acids is 2. The predicted molar refractivity (Wildman–Crippen MR) is 89.2 cm³/mol. The average molecular weight is 343 g/mol. The lowest BCUT2D eigenvalue weighted by molar-refractivity contribution is -0.115. The molecule has 0 bridgehead atoms. The fraction of sp³-hybridized carbons (Fsp3) is 0.0625. The number of para-hydroxylation sites is 2. The summed E-state index contributed by atoms with van der Waals surface area (Å²) in [6.45, 7) is 0. The number of phenols is 1. The van der Waals surface area contributed by atoms with Crippen molar-refractivity contribution in [3.05, 3.63) is 59.5 Å². The molecule has 1 aromatic carbocycles. The maximum atomic E-state index is 12.0. The quantitative estimate of drug-likeness (QED) is 0.618. The van der Waals surface area contributed by atoms with E-state index in [2.05, 4.69) is 15.6 Å². The summed E-state index contributed by atoms with van der Waals surface area (Å²) in [5, 5.41) is 16.9. The van der Waals surface area contributed by atoms with Crippen LogP contribution in [0.5, 0.6) is 5.75 Å². The highest BCUT2D eigenvalue weighted by Crippen LogP contribution is 2.22. The van der Waals surface area contributed by atoms with Crippen LogP contribution < -0.4 is 10.6 Å². The van der Waals surface area contributed by atoms with Crippen LogP contribution in [0.1, 0.15) is 16.2 Å². The Morgan fingerprint density at radius 3 is 2.75 bits per heavy atom. The number of benzene rings is 1. The van der Waals surface area contributed by atoms with E-state index in [-0.39, 0.29) is 23.8 Å². The Hall–Kier alpha value is -3.13. The van der Waals surface area contributed by atoms with Crippen LogP contribution in [0.3, 0.4) is 0 Å². The molecule has 0 unspecified atom stereocenters. The van der Waals surface area contributed by atoms with Gasteiger partial charge in [-0.05, 0) is 24.3 Å². The minimum Gasteiger partial charge on any atom is -0.506 e. The molecule has 0 aliphatic carbocycles. The summed E-state index contributed by atoms with van der Waals surface area (Å²) in [4.78, 5) is 28.0. The van der Waals surface area contributed by atoms with Gasteiger partial charge in [0.25, 0.3) is 5.91 Å². The fourth-order valence-electron chi connectivity index (χ4n) is 1.95. The summed E-state index contributed by atoms with van der Waals surface area (Å²) in [5.74, 6) is -0.537. The largest absolute Gasteiger partial charge is 0.506 e. The van der Waals surface area contributed by atoms with Crippen LogP contribution in [0, 0.1) is 0 Å². The predicted octanol–water partition coefficient (Wildman–Crippen LogP) is 2.88. The molecule has 0 fully saturated rings. The highest BCUT2D eigenvalue weighted by Gasteiger charge is 2.13. The molecule has 3 N–H and O–H groups in total. The van der Waals surface area contributed by atoms with Crippen molar-refractivity contribution < 1.29 is 19.1 Å². The molecule has 122 valence electrons. The second kappa shape index (κ2) is 6.97. The van der Waals surface area contributed by atoms with Crippen molar-refractivity contribution in [3.8, 4) is 5.75 Å². The van der Waals surface area contributed by atoms with E-state index < -0.39 is 5.91 Å². The van der Waals surface area contributed by atoms with Gasteiger partial charge in [-0.15, -0.1) is 11.3 Å². The smallest absolute Gasteiger partial charge is 0.293 e. The molecule has 2 amide bonds. The summed E-state index contributed by atoms with van der Waals surface area (Å²) < 4.78 is 4.99. The molecular formula is C16H13N3O4S. The third-order valence-electron chi connectivity index (χ3n) is 3.04. The van der Waals surface area contributed by atoms with Gasteiger partial charge in [0.2, 0.25) is 5.91 Å². The van der Waals surface area contributed by atoms with Gasteiger partial charge in [-0.3, -0.25) is 14.9 Å². The fourth-order valence-corrected chi connectivity index (χ4v) is 2.66. The van der Waals surface area contributed by atoms with Crippen molar-refractivity contribution in [2.24, 2.45) is 0 Å². The zero-order chi connectivity index (χ0) is 16.9. The van der Waals surface area contributed by atoms with Gasteiger partial charge in [-0.1, -0.05) is 12.1 Å². The molecule has 3 aromatic rings. The molecule has 24 heavy (non-hydrogen) atoms. The van der Waals surface area contributed by atoms with Crippen molar-refractivity contribution >= 4 is 34.0 Å². The molecule has 0 atom stereocenters. The maximum absolute atomic E-state index is 12.0. The van der Waals surface area contributed by atoms with Crippen molar-refractivity contribution in [1.82, 2.24) is 4.98 Å². The van der Waals surface area contributed by atoms with E-state index >= 15 is 0 Å². The number of furan rings is 1. The Kier molecular flexibility index (Phi) is 4.57. The van der Waals surface area contributed by atoms with Crippen LogP contribution >= 0.6 is 11.3 Å². The van der Waals surface area contributed by atoms with Crippen molar-refractivity contribution in [2.45, 2.75) is 6.42 Å². The molecule has 8 heteroatoms. The second-order valence-electron chi connectivity index (χ2n) is 4.82. The third kappa shape index (κ3) is 3.79. The lowest BCUT2D eigenvalue weighted by atomic mass is 10.2. The molecule has 3 rings (SSSR count). The Balaban J connectivity index is 1.58. The van der Waals surface area contributed by atoms with Gasteiger partial charge in [-0.25, -0.2) is 4.98 Å². The van der Waals surface area contributed by atoms with E-state index in [1.807, 2.05) is 0 Å². The number of phenolic OH excluding ortho intramolecular Hbond substituents is 1. The maximum Gasteiger partial charge on any atom is 0.293 e. The van der Waals surface area contributed by atoms with Gasteiger partial charge < -0.3 is 14.8 Å². The Morgan fingerprint density at radius 1 is 1.17 bits per heavy atom. The van der Waals surface area contributed by atoms with E-state index in [1.54, 1.807) is 35.7 Å². The molecule has 0 saturated heterocycles. The number of hydrogen-bond donors (Lipinski definition) is 3. The van der Waals surface area contributed by atoms with E-state index in [0.29, 0.717) is 16.5 Å². The molecular weight excluding hydrogens is 330 g/mol. The van der Waals surface area contributed by atoms with Crippen LogP contribution in [-0.2, 0) is 11.2 Å². The third-order valence-corrected chi connectivity index (χ3v) is 3.84. The highest BCUT2D eigenvalue weighted by molar-refractivity contribution is 7.14. The van der Waals surface area contributed by atoms with Crippen molar-refractivity contribution in [1.29, 1.82) is 0 Å². The van der Waals surface area contributed by atoms with Crippen molar-refractivity contribution in [3.63, 3.8) is 0 Å². The summed E-state index contributed by atoms with van der Waals surface area (Å²) in [7, 11) is 0. The van der Waals surface area contributed by atoms with Crippen LogP contribution in [0.2, 0.25) is 0 Å². The van der Waals surface area contributed by atoms with Crippen LogP contribution in [0.15, 0.2) is 52.5 Å². The van der Waals surface area contributed by atoms with Crippen LogP contribution in [-0.4, -0.2) is 21.9 Å². The molecule has 0 radical (unpaired) electrons. The van der Waals surface area contributed by atoms with E-state index in [4.69, 9.17) is 4.42 Å². The molecule has 2 heterocycles. The number of nitrogens with one attached hydrogen (secondary N) is 2. The summed E-state index contributed by atoms with van der Waals surface area (Å²) in [6, 6.07) is 9.62. The van der Waals surface area contributed by atoms with Gasteiger partial charge in [-0.2, -0.15) is 0 Å². The normalized spacial score (nSPS) is 10.3. The number of aromatic hydroxyl groups is 1. The van der Waals surface area contributed by atoms with Gasteiger partial charge in [0.05, 0.1) is 24.1 Å². The van der Waals surface area contributed by atoms with Crippen LogP contribution in [0.4, 0.5) is 10.8 Å². The first-order chi connectivity index (χ1) is 11.6. The van der Waals surface area contributed by atoms with E-state index in [1.165, 1.54) is 23.7 Å². The summed E-state index contributed by atoms with van der Waals surface area (Å²) in [5.41, 5.74) is 0.853. The zero-order valence-corrected chi connectivity index (χ0v) is 13.2. The number of thiazole rings is 1. The van der Waals surface area contributed by atoms with Crippen molar-refractivity contribution in [2.75, 3.05) is 10.6 Å². The monoisotopic (exact) mass is 343 g/mol. The van der Waals surface area contributed by atoms with Crippen LogP contribution in [0.25, 0.3) is 0 Å². The number of anilines is 2. The lowest BCUT2D eigenvalue weighted by Crippen LogP contribution is -2.15. The summed E-state index contributed by atoms with van der Waals surface area (Å²) >= 11 is 1.21. The zero-order valence-electron chi connectivity index (χ0n) is 12.4. The number of aromatic nitrogens is 1. The number of amides is 2. The minimum absolute atomic E-state index is 0.00414. The van der Waals surface area contributed by atoms with Gasteiger partial charge in [0, 0.05) is 5.38 Å². The number of carbonyl (C=O) groups is 2. The minimum atomic E-state index is -0.403. The number of nitrogens with zero attached hydrogens (tertiary/aromatic N) is 1. The number of hydrogen-bond acceptors (Lipinski definition) is 6. The Bertz CT molecular complexity index is 858. The lowest BCUT2D eigenvalue weighted by Gasteiger charge is -2.05. The molecule has 0 spiro atoms. The molecule has 0 saturated carbocycles. The van der Waals surface area contributed by atoms with Gasteiger partial charge in [0.15, 0.2) is 10.9 Å². The Labute approximate surface area is 141 Å². The number of rotatable bonds is 5. The first-order valence-corrected chi connectivity index (χ1v) is 7.87. The standard InChI is InChI=1S/C16H13N3O4S/c20-12-5-2-1-4-11(12)18-14(21)8-10-9-24-16(17-10)19-15(22)13-6-3-7-23-13/h1-7,9,20H,8H2,(H,18,21)(H,17,19,22). The van der Waals surface area contributed by atoms with Gasteiger partial charge in [0.1, 0.15) is 5.75 Å². The molecule has 0 aliphatic rings. The second-order valence-corrected chi connectivity index (χ2v) is 5.68. The molecule has 0 aliphatic heterocycles. The highest BCUT2D eigenvalue weighted by atomic mass is 32.1. The first-order valence-electron chi connectivity index (χ1n) is 6.99. The SMILES string of the molecule is O=C(Cc1csc(NC(=O)c2ccco2)n1)Nc1ccccc1O. The Morgan fingerprint density at radius 2 is 2.00 bits per heavy atom. The molecule has 2 aromatic heterocycles. The van der Waals surface area contributed by atoms with Gasteiger partial charge >= 0.3 is 0 Å². The summed E-state index contributed by atoms with van der Waals surface area (Å²) in [6.07, 6.45) is 1.44. The van der Waals surface area contributed by atoms with E-state index in [0.717, 1.165) is 0 Å². The first kappa shape index (κ1) is 15.8.